The molecule has 0 unspecified atom stereocenters. The molecule has 9 nitrogen and oxygen atoms in total. The van der Waals surface area contributed by atoms with E-state index in [0.717, 1.165) is 18.4 Å². The van der Waals surface area contributed by atoms with Crippen LogP contribution < -0.4 is 15.6 Å². The van der Waals surface area contributed by atoms with E-state index in [4.69, 9.17) is 16.3 Å². The molecule has 5 aromatic rings. The van der Waals surface area contributed by atoms with E-state index in [9.17, 15) is 9.18 Å². The largest absolute Gasteiger partial charge is 0.450 e. The summed E-state index contributed by atoms with van der Waals surface area (Å²) in [5.41, 5.74) is 2.94. The molecule has 1 aliphatic rings. The van der Waals surface area contributed by atoms with Crippen molar-refractivity contribution in [3.8, 4) is 11.5 Å². The highest BCUT2D eigenvalue weighted by Crippen LogP contribution is 2.40. The van der Waals surface area contributed by atoms with E-state index in [1.807, 2.05) is 12.3 Å². The number of imidazole rings is 1. The van der Waals surface area contributed by atoms with Crippen molar-refractivity contribution in [2.45, 2.75) is 18.8 Å². The maximum Gasteiger partial charge on any atom is 0.274 e. The number of aryl methyl sites for hydroxylation is 2. The normalized spacial score (nSPS) is 13.6. The van der Waals surface area contributed by atoms with Crippen LogP contribution in [0.4, 0.5) is 16.0 Å². The van der Waals surface area contributed by atoms with Gasteiger partial charge in [-0.05, 0) is 42.5 Å². The molecule has 0 aliphatic heterocycles. The zero-order valence-corrected chi connectivity index (χ0v) is 19.0. The van der Waals surface area contributed by atoms with E-state index < -0.39 is 5.82 Å². The molecule has 6 rings (SSSR count). The number of halogens is 2. The summed E-state index contributed by atoms with van der Waals surface area (Å²) >= 11 is 6.68. The van der Waals surface area contributed by atoms with Gasteiger partial charge in [-0.15, -0.1) is 0 Å². The summed E-state index contributed by atoms with van der Waals surface area (Å²) in [6.45, 7) is 0. The van der Waals surface area contributed by atoms with E-state index in [0.29, 0.717) is 50.8 Å². The van der Waals surface area contributed by atoms with Crippen molar-refractivity contribution in [1.29, 1.82) is 0 Å². The van der Waals surface area contributed by atoms with E-state index in [-0.39, 0.29) is 5.56 Å². The van der Waals surface area contributed by atoms with Gasteiger partial charge in [-0.1, -0.05) is 11.6 Å². The molecule has 1 N–H and O–H groups in total. The number of nitrogens with zero attached hydrogens (tertiary/aromatic N) is 6. The minimum atomic E-state index is -0.407. The van der Waals surface area contributed by atoms with Gasteiger partial charge in [0.1, 0.15) is 27.6 Å². The number of rotatable bonds is 5. The van der Waals surface area contributed by atoms with E-state index in [1.165, 1.54) is 29.2 Å². The zero-order chi connectivity index (χ0) is 23.6. The van der Waals surface area contributed by atoms with E-state index >= 15 is 0 Å². The minimum absolute atomic E-state index is 0.149. The number of nitrogens with one attached hydrogen (secondary N) is 1. The Morgan fingerprint density at radius 2 is 2.00 bits per heavy atom. The Morgan fingerprint density at radius 1 is 1.18 bits per heavy atom. The molecule has 0 spiro atoms. The van der Waals surface area contributed by atoms with Crippen LogP contribution in [0.2, 0.25) is 5.02 Å². The lowest BCUT2D eigenvalue weighted by atomic mass is 10.2. The monoisotopic (exact) mass is 479 g/mol. The fraction of sp³-hybridized carbons (Fsp3) is 0.217. The average Bonchev–Trinajstić information content (AvgIpc) is 3.52. The highest BCUT2D eigenvalue weighted by molar-refractivity contribution is 6.36. The van der Waals surface area contributed by atoms with Gasteiger partial charge in [0.2, 0.25) is 5.95 Å². The van der Waals surface area contributed by atoms with Crippen molar-refractivity contribution in [1.82, 2.24) is 28.7 Å². The topological polar surface area (TPSA) is 91.3 Å². The first-order valence-corrected chi connectivity index (χ1v) is 11.1. The number of ether oxygens (including phenoxy) is 1. The molecule has 0 amide bonds. The first kappa shape index (κ1) is 20.7. The molecule has 0 atom stereocenters. The first-order chi connectivity index (χ1) is 16.4. The van der Waals surface area contributed by atoms with Crippen molar-refractivity contribution < 1.29 is 9.13 Å². The Morgan fingerprint density at radius 3 is 2.79 bits per heavy atom. The molecular weight excluding hydrogens is 461 g/mol. The lowest BCUT2D eigenvalue weighted by molar-refractivity contribution is 0.486. The minimum Gasteiger partial charge on any atom is -0.450 e. The van der Waals surface area contributed by atoms with Crippen LogP contribution in [0.15, 0.2) is 47.8 Å². The number of hydrogen-bond acceptors (Lipinski definition) is 6. The Labute approximate surface area is 197 Å². The lowest BCUT2D eigenvalue weighted by Gasteiger charge is -2.10. The van der Waals surface area contributed by atoms with Crippen LogP contribution in [0.5, 0.6) is 11.5 Å². The van der Waals surface area contributed by atoms with Gasteiger partial charge in [0.05, 0.1) is 18.6 Å². The first-order valence-electron chi connectivity index (χ1n) is 10.7. The van der Waals surface area contributed by atoms with Crippen molar-refractivity contribution in [2.75, 3.05) is 5.32 Å². The molecule has 0 saturated heterocycles. The Balaban J connectivity index is 1.37. The fourth-order valence-electron chi connectivity index (χ4n) is 4.02. The van der Waals surface area contributed by atoms with Gasteiger partial charge in [0.25, 0.3) is 5.56 Å². The van der Waals surface area contributed by atoms with Gasteiger partial charge in [-0.3, -0.25) is 4.79 Å². The van der Waals surface area contributed by atoms with Gasteiger partial charge in [0, 0.05) is 20.3 Å². The van der Waals surface area contributed by atoms with Gasteiger partial charge < -0.3 is 19.2 Å². The van der Waals surface area contributed by atoms with Gasteiger partial charge >= 0.3 is 0 Å². The molecule has 1 aliphatic carbocycles. The van der Waals surface area contributed by atoms with Crippen LogP contribution in [-0.4, -0.2) is 28.7 Å². The molecule has 5 heterocycles. The number of fused-ring (bicyclic) bond motifs is 2. The number of hydrogen-bond donors (Lipinski definition) is 1. The van der Waals surface area contributed by atoms with Crippen LogP contribution in [0.1, 0.15) is 24.3 Å². The summed E-state index contributed by atoms with van der Waals surface area (Å²) in [5.74, 6) is 1.23. The molecule has 11 heteroatoms. The molecule has 34 heavy (non-hydrogen) atoms. The van der Waals surface area contributed by atoms with Crippen LogP contribution in [0, 0.1) is 5.82 Å². The second-order valence-corrected chi connectivity index (χ2v) is 8.77. The molecule has 1 fully saturated rings. The maximum atomic E-state index is 13.5. The Bertz CT molecular complexity index is 1650. The summed E-state index contributed by atoms with van der Waals surface area (Å²) in [7, 11) is 3.52. The Hall–Kier alpha value is -3.92. The quantitative estimate of drug-likeness (QED) is 0.398. The Kier molecular flexibility index (Phi) is 4.59. The highest BCUT2D eigenvalue weighted by atomic mass is 35.5. The third-order valence-electron chi connectivity index (χ3n) is 5.97. The van der Waals surface area contributed by atoms with Crippen LogP contribution in [-0.2, 0) is 14.1 Å². The SMILES string of the molecule is Cn1cc(C2CC2)cc(Nc2nc3ncc(Oc4cnn5cc(F)ccc45)c(Cl)c3n2C)c1=O. The predicted molar refractivity (Wildman–Crippen MR) is 126 cm³/mol. The second kappa shape index (κ2) is 7.56. The number of anilines is 2. The van der Waals surface area contributed by atoms with Crippen LogP contribution in [0.25, 0.3) is 16.7 Å². The fourth-order valence-corrected chi connectivity index (χ4v) is 4.31. The smallest absolute Gasteiger partial charge is 0.274 e. The second-order valence-electron chi connectivity index (χ2n) is 8.39. The molecule has 0 bridgehead atoms. The lowest BCUT2D eigenvalue weighted by Crippen LogP contribution is -2.20. The van der Waals surface area contributed by atoms with E-state index in [2.05, 4.69) is 20.4 Å². The summed E-state index contributed by atoms with van der Waals surface area (Å²) in [5, 5.41) is 7.55. The van der Waals surface area contributed by atoms with Crippen molar-refractivity contribution in [3.05, 3.63) is 69.7 Å². The predicted octanol–water partition coefficient (Wildman–Crippen LogP) is 4.52. The zero-order valence-electron chi connectivity index (χ0n) is 18.3. The van der Waals surface area contributed by atoms with Crippen LogP contribution in [0.3, 0.4) is 0 Å². The third-order valence-corrected chi connectivity index (χ3v) is 6.33. The standard InChI is InChI=1S/C23H19ClFN7O2/c1-30-10-13(12-3-4-12)7-15(22(30)33)28-23-29-21-20(31(23)2)19(24)18(8-26-21)34-17-9-27-32-11-14(25)5-6-16(17)32/h5-12H,3-4H2,1-2H3,(H,26,28,29). The molecule has 1 saturated carbocycles. The maximum absolute atomic E-state index is 13.5. The van der Waals surface area contributed by atoms with Gasteiger partial charge in [-0.2, -0.15) is 10.1 Å². The third kappa shape index (κ3) is 3.38. The van der Waals surface area contributed by atoms with Gasteiger partial charge in [0.15, 0.2) is 17.1 Å². The molecular formula is C23H19ClFN7O2. The molecule has 0 aromatic carbocycles. The van der Waals surface area contributed by atoms with Crippen LogP contribution >= 0.6 is 11.6 Å². The summed E-state index contributed by atoms with van der Waals surface area (Å²) in [4.78, 5) is 21.6. The average molecular weight is 480 g/mol. The number of pyridine rings is 3. The van der Waals surface area contributed by atoms with Crippen molar-refractivity contribution >= 4 is 39.9 Å². The number of aromatic nitrogens is 6. The molecule has 0 radical (unpaired) electrons. The van der Waals surface area contributed by atoms with E-state index in [1.54, 1.807) is 29.3 Å². The summed E-state index contributed by atoms with van der Waals surface area (Å²) in [6.07, 6.45) is 8.36. The van der Waals surface area contributed by atoms with Crippen molar-refractivity contribution in [3.63, 3.8) is 0 Å². The van der Waals surface area contributed by atoms with Gasteiger partial charge in [-0.25, -0.2) is 13.9 Å². The summed E-state index contributed by atoms with van der Waals surface area (Å²) in [6, 6.07) is 4.78. The highest BCUT2D eigenvalue weighted by Gasteiger charge is 2.25. The molecule has 172 valence electrons. The molecule has 5 aromatic heterocycles. The van der Waals surface area contributed by atoms with Crippen molar-refractivity contribution in [2.24, 2.45) is 14.1 Å². The summed E-state index contributed by atoms with van der Waals surface area (Å²) < 4.78 is 24.1.